The van der Waals surface area contributed by atoms with Crippen LogP contribution in [-0.4, -0.2) is 19.2 Å². The van der Waals surface area contributed by atoms with E-state index < -0.39 is 0 Å². The molecule has 0 unspecified atom stereocenters. The molecule has 0 saturated carbocycles. The van der Waals surface area contributed by atoms with Crippen molar-refractivity contribution in [3.05, 3.63) is 18.3 Å². The largest absolute Gasteiger partial charge is 0.491 e. The van der Waals surface area contributed by atoms with Gasteiger partial charge in [0, 0.05) is 12.3 Å². The second-order valence-electron chi connectivity index (χ2n) is 1.63. The molecule has 0 aliphatic carbocycles. The van der Waals surface area contributed by atoms with Gasteiger partial charge in [-0.2, -0.15) is 0 Å². The minimum absolute atomic E-state index is 0.463. The highest BCUT2D eigenvalue weighted by Gasteiger charge is 2.00. The molecule has 0 fully saturated rings. The summed E-state index contributed by atoms with van der Waals surface area (Å²) in [4.78, 5) is 3.89. The number of pyridine rings is 1. The molecule has 1 rings (SSSR count). The van der Waals surface area contributed by atoms with Crippen LogP contribution in [0.3, 0.4) is 0 Å². The van der Waals surface area contributed by atoms with Gasteiger partial charge in [0.2, 0.25) is 0 Å². The molecule has 1 aromatic rings. The van der Waals surface area contributed by atoms with Crippen LogP contribution in [0.4, 0.5) is 0 Å². The molecule has 0 saturated heterocycles. The van der Waals surface area contributed by atoms with Crippen LogP contribution in [0.15, 0.2) is 12.3 Å². The van der Waals surface area contributed by atoms with Crippen LogP contribution in [-0.2, 0) is 0 Å². The first-order valence-electron chi connectivity index (χ1n) is 2.83. The van der Waals surface area contributed by atoms with Crippen LogP contribution in [0.25, 0.3) is 0 Å². The number of hydrogen-bond acceptors (Lipinski definition) is 3. The van der Waals surface area contributed by atoms with Gasteiger partial charge in [-0.05, 0) is 6.07 Å². The van der Waals surface area contributed by atoms with Gasteiger partial charge in [-0.25, -0.2) is 4.98 Å². The zero-order chi connectivity index (χ0) is 7.40. The van der Waals surface area contributed by atoms with Crippen molar-refractivity contribution in [1.29, 1.82) is 0 Å². The van der Waals surface area contributed by atoms with Gasteiger partial charge in [0.1, 0.15) is 0 Å². The lowest BCUT2D eigenvalue weighted by molar-refractivity contribution is 0.342. The van der Waals surface area contributed by atoms with Gasteiger partial charge in [-0.3, -0.25) is 0 Å². The molecule has 0 spiro atoms. The number of aromatic nitrogens is 1. The van der Waals surface area contributed by atoms with Crippen molar-refractivity contribution < 1.29 is 9.47 Å². The van der Waals surface area contributed by atoms with Crippen molar-refractivity contribution in [1.82, 2.24) is 4.98 Å². The molecular formula is C7H8NO2. The van der Waals surface area contributed by atoms with E-state index in [0.717, 1.165) is 0 Å². The van der Waals surface area contributed by atoms with Crippen LogP contribution in [0, 0.1) is 6.07 Å². The van der Waals surface area contributed by atoms with Crippen LogP contribution in [0.1, 0.15) is 0 Å². The van der Waals surface area contributed by atoms with Gasteiger partial charge in [-0.15, -0.1) is 0 Å². The van der Waals surface area contributed by atoms with E-state index in [0.29, 0.717) is 11.6 Å². The molecule has 0 amide bonds. The Balaban J connectivity index is 2.96. The minimum Gasteiger partial charge on any atom is -0.491 e. The number of hydrogen-bond donors (Lipinski definition) is 0. The maximum atomic E-state index is 4.89. The molecule has 0 aliphatic heterocycles. The van der Waals surface area contributed by atoms with Crippen LogP contribution in [0.2, 0.25) is 0 Å². The van der Waals surface area contributed by atoms with E-state index in [1.54, 1.807) is 26.5 Å². The van der Waals surface area contributed by atoms with Gasteiger partial charge in [0.25, 0.3) is 5.88 Å². The predicted octanol–water partition coefficient (Wildman–Crippen LogP) is 0.899. The fourth-order valence-corrected chi connectivity index (χ4v) is 0.630. The van der Waals surface area contributed by atoms with Gasteiger partial charge in [0.05, 0.1) is 14.2 Å². The van der Waals surface area contributed by atoms with Gasteiger partial charge in [-0.1, -0.05) is 0 Å². The van der Waals surface area contributed by atoms with Crippen molar-refractivity contribution in [2.45, 2.75) is 0 Å². The van der Waals surface area contributed by atoms with E-state index in [1.165, 1.54) is 0 Å². The molecule has 10 heavy (non-hydrogen) atoms. The Labute approximate surface area is 59.6 Å². The Bertz CT molecular complexity index is 190. The molecule has 53 valence electrons. The fourth-order valence-electron chi connectivity index (χ4n) is 0.630. The summed E-state index contributed by atoms with van der Waals surface area (Å²) >= 11 is 0. The predicted molar refractivity (Wildman–Crippen MR) is 36.2 cm³/mol. The quantitative estimate of drug-likeness (QED) is 0.608. The molecule has 1 radical (unpaired) electrons. The molecule has 1 heterocycles. The summed E-state index contributed by atoms with van der Waals surface area (Å²) in [6, 6.07) is 4.50. The van der Waals surface area contributed by atoms with Crippen LogP contribution < -0.4 is 9.47 Å². The summed E-state index contributed by atoms with van der Waals surface area (Å²) in [5.74, 6) is 0.995. The SMILES string of the molecule is COc1[c]ccnc1OC. The van der Waals surface area contributed by atoms with Gasteiger partial charge >= 0.3 is 0 Å². The topological polar surface area (TPSA) is 31.4 Å². The number of nitrogens with zero attached hydrogens (tertiary/aromatic N) is 1. The lowest BCUT2D eigenvalue weighted by atomic mass is 10.4. The molecule has 0 atom stereocenters. The Morgan fingerprint density at radius 1 is 1.40 bits per heavy atom. The lowest BCUT2D eigenvalue weighted by Gasteiger charge is -2.02. The van der Waals surface area contributed by atoms with Gasteiger partial charge in [0.15, 0.2) is 5.75 Å². The lowest BCUT2D eigenvalue weighted by Crippen LogP contribution is -1.91. The van der Waals surface area contributed by atoms with E-state index in [-0.39, 0.29) is 0 Å². The first-order valence-corrected chi connectivity index (χ1v) is 2.83. The monoisotopic (exact) mass is 138 g/mol. The van der Waals surface area contributed by atoms with Gasteiger partial charge < -0.3 is 9.47 Å². The highest BCUT2D eigenvalue weighted by atomic mass is 16.5. The molecule has 3 nitrogen and oxygen atoms in total. The first-order chi connectivity index (χ1) is 4.88. The van der Waals surface area contributed by atoms with E-state index in [4.69, 9.17) is 9.47 Å². The highest BCUT2D eigenvalue weighted by Crippen LogP contribution is 2.20. The van der Waals surface area contributed by atoms with E-state index in [9.17, 15) is 0 Å². The van der Waals surface area contributed by atoms with Crippen LogP contribution in [0.5, 0.6) is 11.6 Å². The molecule has 0 N–H and O–H groups in total. The van der Waals surface area contributed by atoms with Crippen molar-refractivity contribution in [3.63, 3.8) is 0 Å². The third-order valence-corrected chi connectivity index (χ3v) is 1.07. The summed E-state index contributed by atoms with van der Waals surface area (Å²) in [5, 5.41) is 0. The Kier molecular flexibility index (Phi) is 2.10. The summed E-state index contributed by atoms with van der Waals surface area (Å²) in [5.41, 5.74) is 0. The molecule has 0 bridgehead atoms. The molecule has 0 aliphatic rings. The maximum Gasteiger partial charge on any atom is 0.257 e. The summed E-state index contributed by atoms with van der Waals surface area (Å²) in [6.45, 7) is 0. The summed E-state index contributed by atoms with van der Waals surface area (Å²) < 4.78 is 9.76. The number of rotatable bonds is 2. The Hall–Kier alpha value is -1.25. The summed E-state index contributed by atoms with van der Waals surface area (Å²) in [7, 11) is 3.09. The van der Waals surface area contributed by atoms with E-state index in [1.807, 2.05) is 0 Å². The minimum atomic E-state index is 0.463. The second-order valence-corrected chi connectivity index (χ2v) is 1.63. The second kappa shape index (κ2) is 3.06. The zero-order valence-electron chi connectivity index (χ0n) is 5.92. The van der Waals surface area contributed by atoms with Crippen molar-refractivity contribution in [3.8, 4) is 11.6 Å². The number of methoxy groups -OCH3 is 2. The fraction of sp³-hybridized carbons (Fsp3) is 0.286. The Morgan fingerprint density at radius 3 is 2.70 bits per heavy atom. The van der Waals surface area contributed by atoms with Crippen molar-refractivity contribution in [2.75, 3.05) is 14.2 Å². The maximum absolute atomic E-state index is 4.89. The first kappa shape index (κ1) is 6.86. The van der Waals surface area contributed by atoms with E-state index in [2.05, 4.69) is 11.1 Å². The summed E-state index contributed by atoms with van der Waals surface area (Å²) in [6.07, 6.45) is 1.60. The average Bonchev–Trinajstić information content (AvgIpc) is 2.04. The number of ether oxygens (including phenoxy) is 2. The molecule has 3 heteroatoms. The van der Waals surface area contributed by atoms with E-state index >= 15 is 0 Å². The highest BCUT2D eigenvalue weighted by molar-refractivity contribution is 5.30. The smallest absolute Gasteiger partial charge is 0.257 e. The van der Waals surface area contributed by atoms with Crippen molar-refractivity contribution >= 4 is 0 Å². The third kappa shape index (κ3) is 1.18. The molecular weight excluding hydrogens is 130 g/mol. The average molecular weight is 138 g/mol. The zero-order valence-corrected chi connectivity index (χ0v) is 5.92. The normalized spacial score (nSPS) is 9.00. The standard InChI is InChI=1S/C7H8NO2/c1-9-6-4-3-5-8-7(6)10-2/h3,5H,1-2H3. The molecule has 1 aromatic heterocycles. The molecule has 0 aromatic carbocycles. The van der Waals surface area contributed by atoms with Crippen molar-refractivity contribution in [2.24, 2.45) is 0 Å². The Morgan fingerprint density at radius 2 is 2.20 bits per heavy atom. The van der Waals surface area contributed by atoms with Crippen LogP contribution >= 0.6 is 0 Å². The third-order valence-electron chi connectivity index (χ3n) is 1.07.